The zero-order valence-electron chi connectivity index (χ0n) is 5.92. The molecule has 0 saturated heterocycles. The zero-order valence-corrected chi connectivity index (χ0v) is 6.74. The van der Waals surface area contributed by atoms with Crippen LogP contribution in [0.1, 0.15) is 19.4 Å². The van der Waals surface area contributed by atoms with Gasteiger partial charge in [-0.3, -0.25) is 0 Å². The van der Waals surface area contributed by atoms with Crippen molar-refractivity contribution in [2.75, 3.05) is 0 Å². The van der Waals surface area contributed by atoms with E-state index in [1.807, 2.05) is 25.3 Å². The molecule has 0 spiro atoms. The molecule has 9 heavy (non-hydrogen) atoms. The van der Waals surface area contributed by atoms with E-state index in [1.165, 1.54) is 5.56 Å². The Morgan fingerprint density at radius 3 is 2.44 bits per heavy atom. The molecule has 0 bridgehead atoms. The molecule has 1 rings (SSSR count). The van der Waals surface area contributed by atoms with Crippen LogP contribution in [-0.2, 0) is 6.54 Å². The Balaban J connectivity index is 0.000000291. The number of nitrogens with two attached hydrogens (primary N) is 1. The molecule has 2 N–H and O–H groups in total. The molecule has 0 fully saturated rings. The Labute approximate surface area is 60.5 Å². The lowest BCUT2D eigenvalue weighted by Gasteiger charge is -1.79. The van der Waals surface area contributed by atoms with E-state index in [0.29, 0.717) is 6.54 Å². The maximum absolute atomic E-state index is 5.30. The standard InChI is InChI=1S/C5H7NS.C2H6/c6-3-5-1-2-7-4-5;1-2/h1-2,4H,3,6H2;1-2H3. The van der Waals surface area contributed by atoms with Crippen LogP contribution in [-0.4, -0.2) is 0 Å². The van der Waals surface area contributed by atoms with Gasteiger partial charge in [-0.2, -0.15) is 11.3 Å². The average molecular weight is 143 g/mol. The molecule has 0 saturated carbocycles. The third kappa shape index (κ3) is 3.27. The fourth-order valence-corrected chi connectivity index (χ4v) is 1.09. The van der Waals surface area contributed by atoms with Crippen LogP contribution in [0.15, 0.2) is 16.8 Å². The molecule has 0 unspecified atom stereocenters. The van der Waals surface area contributed by atoms with Gasteiger partial charge in [-0.05, 0) is 22.4 Å². The molecule has 52 valence electrons. The predicted molar refractivity (Wildman–Crippen MR) is 43.6 cm³/mol. The van der Waals surface area contributed by atoms with Crippen LogP contribution in [0.25, 0.3) is 0 Å². The summed E-state index contributed by atoms with van der Waals surface area (Å²) in [5.74, 6) is 0. The minimum Gasteiger partial charge on any atom is -0.326 e. The number of thiophene rings is 1. The Morgan fingerprint density at radius 2 is 2.22 bits per heavy atom. The summed E-state index contributed by atoms with van der Waals surface area (Å²) < 4.78 is 0. The summed E-state index contributed by atoms with van der Waals surface area (Å²) in [5, 5.41) is 4.09. The van der Waals surface area contributed by atoms with Gasteiger partial charge >= 0.3 is 0 Å². The Hall–Kier alpha value is -0.340. The third-order valence-corrected chi connectivity index (χ3v) is 1.55. The van der Waals surface area contributed by atoms with Gasteiger partial charge in [0.15, 0.2) is 0 Å². The second kappa shape index (κ2) is 5.79. The molecule has 0 amide bonds. The molecule has 0 aromatic carbocycles. The first-order chi connectivity index (χ1) is 4.43. The van der Waals surface area contributed by atoms with E-state index in [4.69, 9.17) is 5.73 Å². The maximum atomic E-state index is 5.30. The lowest BCUT2D eigenvalue weighted by Crippen LogP contribution is -1.92. The van der Waals surface area contributed by atoms with Crippen molar-refractivity contribution in [3.63, 3.8) is 0 Å². The summed E-state index contributed by atoms with van der Waals surface area (Å²) >= 11 is 1.68. The summed E-state index contributed by atoms with van der Waals surface area (Å²) in [6.07, 6.45) is 0. The highest BCUT2D eigenvalue weighted by Gasteiger charge is 1.82. The van der Waals surface area contributed by atoms with E-state index < -0.39 is 0 Å². The number of hydrogen-bond acceptors (Lipinski definition) is 2. The second-order valence-electron chi connectivity index (χ2n) is 1.34. The van der Waals surface area contributed by atoms with Crippen LogP contribution in [0.5, 0.6) is 0 Å². The van der Waals surface area contributed by atoms with Crippen molar-refractivity contribution in [1.82, 2.24) is 0 Å². The van der Waals surface area contributed by atoms with Gasteiger partial charge in [-0.25, -0.2) is 0 Å². The van der Waals surface area contributed by atoms with E-state index in [0.717, 1.165) is 0 Å². The Bertz CT molecular complexity index is 123. The van der Waals surface area contributed by atoms with Crippen molar-refractivity contribution >= 4 is 11.3 Å². The van der Waals surface area contributed by atoms with Crippen LogP contribution in [0.3, 0.4) is 0 Å². The van der Waals surface area contributed by atoms with E-state index in [2.05, 4.69) is 5.38 Å². The molecule has 1 aromatic rings. The maximum Gasteiger partial charge on any atom is 0.0186 e. The molecule has 1 aromatic heterocycles. The van der Waals surface area contributed by atoms with Gasteiger partial charge in [0.05, 0.1) is 0 Å². The van der Waals surface area contributed by atoms with Gasteiger partial charge in [0.25, 0.3) is 0 Å². The van der Waals surface area contributed by atoms with Gasteiger partial charge in [0, 0.05) is 6.54 Å². The molecule has 0 aliphatic rings. The molecule has 0 radical (unpaired) electrons. The molecular formula is C7H13NS. The van der Waals surface area contributed by atoms with Crippen LogP contribution in [0, 0.1) is 0 Å². The van der Waals surface area contributed by atoms with Crippen molar-refractivity contribution in [1.29, 1.82) is 0 Å². The number of rotatable bonds is 1. The Morgan fingerprint density at radius 1 is 1.56 bits per heavy atom. The summed E-state index contributed by atoms with van der Waals surface area (Å²) in [6.45, 7) is 4.67. The summed E-state index contributed by atoms with van der Waals surface area (Å²) in [7, 11) is 0. The highest BCUT2D eigenvalue weighted by molar-refractivity contribution is 7.07. The van der Waals surface area contributed by atoms with Gasteiger partial charge in [-0.15, -0.1) is 0 Å². The van der Waals surface area contributed by atoms with Crippen LogP contribution in [0.4, 0.5) is 0 Å². The monoisotopic (exact) mass is 143 g/mol. The highest BCUT2D eigenvalue weighted by Crippen LogP contribution is 2.02. The molecule has 1 heterocycles. The SMILES string of the molecule is CC.NCc1ccsc1. The second-order valence-corrected chi connectivity index (χ2v) is 2.12. The molecular weight excluding hydrogens is 130 g/mol. The number of hydrogen-bond donors (Lipinski definition) is 1. The van der Waals surface area contributed by atoms with Gasteiger partial charge in [0.1, 0.15) is 0 Å². The molecule has 0 atom stereocenters. The first-order valence-corrected chi connectivity index (χ1v) is 4.09. The van der Waals surface area contributed by atoms with Gasteiger partial charge in [-0.1, -0.05) is 13.8 Å². The van der Waals surface area contributed by atoms with Crippen LogP contribution < -0.4 is 5.73 Å². The van der Waals surface area contributed by atoms with E-state index >= 15 is 0 Å². The van der Waals surface area contributed by atoms with Crippen LogP contribution >= 0.6 is 11.3 Å². The van der Waals surface area contributed by atoms with E-state index in [1.54, 1.807) is 11.3 Å². The minimum absolute atomic E-state index is 0.670. The fraction of sp³-hybridized carbons (Fsp3) is 0.429. The first kappa shape index (κ1) is 8.66. The zero-order chi connectivity index (χ0) is 7.11. The Kier molecular flexibility index (Phi) is 5.57. The predicted octanol–water partition coefficient (Wildman–Crippen LogP) is 2.23. The molecule has 1 nitrogen and oxygen atoms in total. The summed E-state index contributed by atoms with van der Waals surface area (Å²) in [6, 6.07) is 2.03. The minimum atomic E-state index is 0.670. The lowest BCUT2D eigenvalue weighted by atomic mass is 10.4. The summed E-state index contributed by atoms with van der Waals surface area (Å²) in [4.78, 5) is 0. The van der Waals surface area contributed by atoms with Crippen LogP contribution in [0.2, 0.25) is 0 Å². The largest absolute Gasteiger partial charge is 0.326 e. The normalized spacial score (nSPS) is 7.89. The summed E-state index contributed by atoms with van der Waals surface area (Å²) in [5.41, 5.74) is 6.53. The van der Waals surface area contributed by atoms with Gasteiger partial charge in [0.2, 0.25) is 0 Å². The quantitative estimate of drug-likeness (QED) is 0.641. The molecule has 0 aliphatic carbocycles. The lowest BCUT2D eigenvalue weighted by molar-refractivity contribution is 1.08. The van der Waals surface area contributed by atoms with Crippen molar-refractivity contribution in [2.24, 2.45) is 5.73 Å². The molecule has 0 aliphatic heterocycles. The first-order valence-electron chi connectivity index (χ1n) is 3.14. The van der Waals surface area contributed by atoms with E-state index in [-0.39, 0.29) is 0 Å². The third-order valence-electron chi connectivity index (χ3n) is 0.816. The average Bonchev–Trinajstić information content (AvgIpc) is 2.43. The van der Waals surface area contributed by atoms with Crippen molar-refractivity contribution in [3.05, 3.63) is 22.4 Å². The topological polar surface area (TPSA) is 26.0 Å². The highest BCUT2D eigenvalue weighted by atomic mass is 32.1. The van der Waals surface area contributed by atoms with Crippen molar-refractivity contribution < 1.29 is 0 Å². The van der Waals surface area contributed by atoms with E-state index in [9.17, 15) is 0 Å². The van der Waals surface area contributed by atoms with Gasteiger partial charge < -0.3 is 5.73 Å². The van der Waals surface area contributed by atoms with Crippen molar-refractivity contribution in [3.8, 4) is 0 Å². The fourth-order valence-electron chi connectivity index (χ4n) is 0.409. The van der Waals surface area contributed by atoms with Crippen molar-refractivity contribution in [2.45, 2.75) is 20.4 Å². The smallest absolute Gasteiger partial charge is 0.0186 e. The molecule has 2 heteroatoms.